The topological polar surface area (TPSA) is 99.3 Å². The van der Waals surface area contributed by atoms with E-state index in [9.17, 15) is 0 Å². The number of pyridine rings is 3. The van der Waals surface area contributed by atoms with Gasteiger partial charge in [-0.05, 0) is 54.2 Å². The molecule has 0 bridgehead atoms. The summed E-state index contributed by atoms with van der Waals surface area (Å²) >= 11 is 1.66. The fourth-order valence-corrected chi connectivity index (χ4v) is 4.66. The molecule has 0 atom stereocenters. The Balaban J connectivity index is 1.45. The molecular formula is C24H20N8S. The van der Waals surface area contributed by atoms with E-state index in [1.807, 2.05) is 38.8 Å². The molecule has 0 fully saturated rings. The number of nitrogens with one attached hydrogen (secondary N) is 2. The Morgan fingerprint density at radius 2 is 1.88 bits per heavy atom. The average Bonchev–Trinajstić information content (AvgIpc) is 3.57. The summed E-state index contributed by atoms with van der Waals surface area (Å²) < 4.78 is 0. The highest BCUT2D eigenvalue weighted by molar-refractivity contribution is 7.08. The zero-order valence-electron chi connectivity index (χ0n) is 18.1. The van der Waals surface area contributed by atoms with Crippen LogP contribution >= 0.6 is 11.3 Å². The smallest absolute Gasteiger partial charge is 0.159 e. The summed E-state index contributed by atoms with van der Waals surface area (Å²) in [4.78, 5) is 23.8. The molecule has 0 aliphatic carbocycles. The molecule has 6 aromatic heterocycles. The molecule has 6 heterocycles. The van der Waals surface area contributed by atoms with Crippen LogP contribution in [-0.4, -0.2) is 54.1 Å². The monoisotopic (exact) mass is 452 g/mol. The van der Waals surface area contributed by atoms with Crippen LogP contribution in [0.4, 0.5) is 0 Å². The largest absolute Gasteiger partial charge is 0.335 e. The van der Waals surface area contributed by atoms with Crippen LogP contribution < -0.4 is 0 Å². The first-order chi connectivity index (χ1) is 16.2. The molecule has 6 rings (SSSR count). The second kappa shape index (κ2) is 7.88. The van der Waals surface area contributed by atoms with Gasteiger partial charge in [0.25, 0.3) is 0 Å². The third-order valence-corrected chi connectivity index (χ3v) is 6.17. The van der Waals surface area contributed by atoms with E-state index in [1.165, 1.54) is 0 Å². The number of H-pyrrole nitrogens is 2. The first-order valence-electron chi connectivity index (χ1n) is 10.5. The first-order valence-corrected chi connectivity index (χ1v) is 11.4. The van der Waals surface area contributed by atoms with Crippen LogP contribution in [0.3, 0.4) is 0 Å². The molecule has 6 aromatic rings. The van der Waals surface area contributed by atoms with Gasteiger partial charge in [-0.1, -0.05) is 0 Å². The maximum Gasteiger partial charge on any atom is 0.159 e. The minimum absolute atomic E-state index is 0.692. The lowest BCUT2D eigenvalue weighted by Gasteiger charge is -2.10. The van der Waals surface area contributed by atoms with E-state index in [-0.39, 0.29) is 0 Å². The Bertz CT molecular complexity index is 1580. The van der Waals surface area contributed by atoms with Crippen molar-refractivity contribution in [2.24, 2.45) is 0 Å². The Hall–Kier alpha value is -3.95. The van der Waals surface area contributed by atoms with E-state index in [0.29, 0.717) is 5.82 Å². The number of hydrogen-bond acceptors (Lipinski definition) is 7. The Morgan fingerprint density at radius 1 is 0.970 bits per heavy atom. The lowest BCUT2D eigenvalue weighted by atomic mass is 10.1. The van der Waals surface area contributed by atoms with Gasteiger partial charge in [0.05, 0.1) is 29.1 Å². The van der Waals surface area contributed by atoms with Crippen molar-refractivity contribution in [1.29, 1.82) is 0 Å². The van der Waals surface area contributed by atoms with Crippen LogP contribution in [0.25, 0.3) is 55.8 Å². The minimum atomic E-state index is 0.692. The zero-order chi connectivity index (χ0) is 22.4. The van der Waals surface area contributed by atoms with Gasteiger partial charge in [-0.15, -0.1) is 0 Å². The van der Waals surface area contributed by atoms with E-state index in [1.54, 1.807) is 23.7 Å². The van der Waals surface area contributed by atoms with E-state index < -0.39 is 0 Å². The maximum atomic E-state index is 4.90. The van der Waals surface area contributed by atoms with E-state index >= 15 is 0 Å². The lowest BCUT2D eigenvalue weighted by Crippen LogP contribution is -2.10. The molecule has 0 aromatic carbocycles. The summed E-state index contributed by atoms with van der Waals surface area (Å²) in [5.41, 5.74) is 8.41. The van der Waals surface area contributed by atoms with Crippen molar-refractivity contribution in [2.75, 3.05) is 14.1 Å². The number of aromatic nitrogens is 7. The van der Waals surface area contributed by atoms with Crippen molar-refractivity contribution in [3.05, 3.63) is 65.5 Å². The molecular weight excluding hydrogens is 432 g/mol. The maximum absolute atomic E-state index is 4.90. The van der Waals surface area contributed by atoms with Gasteiger partial charge in [0.2, 0.25) is 0 Å². The second-order valence-corrected chi connectivity index (χ2v) is 8.97. The van der Waals surface area contributed by atoms with Gasteiger partial charge in [0.1, 0.15) is 11.2 Å². The molecule has 0 amide bonds. The van der Waals surface area contributed by atoms with Crippen LogP contribution in [0.2, 0.25) is 0 Å². The summed E-state index contributed by atoms with van der Waals surface area (Å²) in [6.07, 6.45) is 9.19. The summed E-state index contributed by atoms with van der Waals surface area (Å²) in [6, 6.07) is 6.24. The van der Waals surface area contributed by atoms with Gasteiger partial charge in [0, 0.05) is 41.6 Å². The SMILES string of the molecule is CN(C)Cc1cncc(-c2cc3c(-c4nc5c(-c6ccsc6)cncc5[nH]4)n[nH]c3cn2)c1. The number of imidazole rings is 1. The van der Waals surface area contributed by atoms with Crippen LogP contribution in [0.15, 0.2) is 59.9 Å². The Morgan fingerprint density at radius 3 is 2.73 bits per heavy atom. The summed E-state index contributed by atoms with van der Waals surface area (Å²) in [5, 5.41) is 12.7. The van der Waals surface area contributed by atoms with Gasteiger partial charge in [-0.3, -0.25) is 20.1 Å². The highest BCUT2D eigenvalue weighted by Crippen LogP contribution is 2.32. The standard InChI is InChI=1S/C24H20N8S/c1-32(2)12-14-5-16(8-25-7-14)19-6-17-20(11-27-19)30-31-23(17)24-28-21-10-26-9-18(22(21)29-24)15-3-4-33-13-15/h3-11,13H,12H2,1-2H3,(H,28,29)(H,30,31). The van der Waals surface area contributed by atoms with Crippen LogP contribution in [-0.2, 0) is 6.54 Å². The fraction of sp³-hybridized carbons (Fsp3) is 0.125. The normalized spacial score (nSPS) is 11.7. The van der Waals surface area contributed by atoms with Crippen molar-refractivity contribution in [3.8, 4) is 33.9 Å². The molecule has 9 heteroatoms. The van der Waals surface area contributed by atoms with Crippen molar-refractivity contribution in [3.63, 3.8) is 0 Å². The van der Waals surface area contributed by atoms with E-state index in [4.69, 9.17) is 4.98 Å². The van der Waals surface area contributed by atoms with Gasteiger partial charge in [-0.25, -0.2) is 4.98 Å². The molecule has 162 valence electrons. The van der Waals surface area contributed by atoms with Crippen LogP contribution in [0, 0.1) is 0 Å². The average molecular weight is 453 g/mol. The molecule has 2 N–H and O–H groups in total. The molecule has 0 saturated heterocycles. The highest BCUT2D eigenvalue weighted by atomic mass is 32.1. The Labute approximate surface area is 193 Å². The lowest BCUT2D eigenvalue weighted by molar-refractivity contribution is 0.402. The van der Waals surface area contributed by atoms with E-state index in [2.05, 4.69) is 57.9 Å². The van der Waals surface area contributed by atoms with E-state index in [0.717, 1.165) is 62.1 Å². The molecule has 0 spiro atoms. The molecule has 0 radical (unpaired) electrons. The summed E-state index contributed by atoms with van der Waals surface area (Å²) in [6.45, 7) is 0.819. The first kappa shape index (κ1) is 19.7. The van der Waals surface area contributed by atoms with Crippen molar-refractivity contribution < 1.29 is 0 Å². The molecule has 0 aliphatic rings. The number of fused-ring (bicyclic) bond motifs is 2. The number of thiophene rings is 1. The van der Waals surface area contributed by atoms with Crippen molar-refractivity contribution in [1.82, 2.24) is 40.0 Å². The predicted molar refractivity (Wildman–Crippen MR) is 131 cm³/mol. The highest BCUT2D eigenvalue weighted by Gasteiger charge is 2.17. The van der Waals surface area contributed by atoms with Crippen molar-refractivity contribution >= 4 is 33.3 Å². The molecule has 0 unspecified atom stereocenters. The molecule has 33 heavy (non-hydrogen) atoms. The van der Waals surface area contributed by atoms with Gasteiger partial charge in [0.15, 0.2) is 5.82 Å². The van der Waals surface area contributed by atoms with Gasteiger partial charge < -0.3 is 9.88 Å². The van der Waals surface area contributed by atoms with Crippen molar-refractivity contribution in [2.45, 2.75) is 6.54 Å². The van der Waals surface area contributed by atoms with Gasteiger partial charge in [-0.2, -0.15) is 16.4 Å². The number of hydrogen-bond donors (Lipinski definition) is 2. The summed E-state index contributed by atoms with van der Waals surface area (Å²) in [5.74, 6) is 0.692. The van der Waals surface area contributed by atoms with Gasteiger partial charge >= 0.3 is 0 Å². The number of aromatic amines is 2. The minimum Gasteiger partial charge on any atom is -0.335 e. The summed E-state index contributed by atoms with van der Waals surface area (Å²) in [7, 11) is 4.09. The quantitative estimate of drug-likeness (QED) is 0.392. The number of rotatable bonds is 5. The Kier molecular flexibility index (Phi) is 4.70. The third-order valence-electron chi connectivity index (χ3n) is 5.49. The third kappa shape index (κ3) is 3.57. The van der Waals surface area contributed by atoms with Crippen LogP contribution in [0.1, 0.15) is 5.56 Å². The number of nitrogens with zero attached hydrogens (tertiary/aromatic N) is 6. The van der Waals surface area contributed by atoms with Crippen LogP contribution in [0.5, 0.6) is 0 Å². The molecule has 8 nitrogen and oxygen atoms in total. The second-order valence-electron chi connectivity index (χ2n) is 8.19. The predicted octanol–water partition coefficient (Wildman–Crippen LogP) is 4.75. The molecule has 0 aliphatic heterocycles. The zero-order valence-corrected chi connectivity index (χ0v) is 18.9. The fourth-order valence-electron chi connectivity index (χ4n) is 4.01. The molecule has 0 saturated carbocycles.